The predicted molar refractivity (Wildman–Crippen MR) is 67.5 cm³/mol. The lowest BCUT2D eigenvalue weighted by Gasteiger charge is -2.13. The third kappa shape index (κ3) is 4.39. The zero-order valence-corrected chi connectivity index (χ0v) is 10.3. The van der Waals surface area contributed by atoms with E-state index in [1.54, 1.807) is 13.4 Å². The topological polar surface area (TPSA) is 18.5 Å². The van der Waals surface area contributed by atoms with Crippen LogP contribution in [0.4, 0.5) is 0 Å². The Kier molecular flexibility index (Phi) is 5.48. The maximum absolute atomic E-state index is 5.76. The molecule has 2 heteroatoms. The largest absolute Gasteiger partial charge is 0.504 e. The normalized spacial score (nSPS) is 12.7. The van der Waals surface area contributed by atoms with Crippen molar-refractivity contribution < 1.29 is 9.47 Å². The summed E-state index contributed by atoms with van der Waals surface area (Å²) in [7, 11) is 1.64. The van der Waals surface area contributed by atoms with Crippen molar-refractivity contribution in [3.05, 3.63) is 36.1 Å². The van der Waals surface area contributed by atoms with Gasteiger partial charge in [0.15, 0.2) is 0 Å². The number of hydrogen-bond donors (Lipinski definition) is 0. The molecule has 1 unspecified atom stereocenters. The first-order valence-corrected chi connectivity index (χ1v) is 5.72. The lowest BCUT2D eigenvalue weighted by atomic mass is 10.2. The van der Waals surface area contributed by atoms with Gasteiger partial charge in [-0.1, -0.05) is 25.5 Å². The second-order valence-electron chi connectivity index (χ2n) is 3.82. The molecule has 0 heterocycles. The number of benzene rings is 1. The summed E-state index contributed by atoms with van der Waals surface area (Å²) in [5, 5.41) is 0. The van der Waals surface area contributed by atoms with E-state index in [2.05, 4.69) is 13.8 Å². The zero-order valence-electron chi connectivity index (χ0n) is 10.3. The molecule has 0 saturated carbocycles. The molecule has 0 saturated heterocycles. The molecule has 0 spiro atoms. The Bertz CT molecular complexity index is 314. The lowest BCUT2D eigenvalue weighted by Crippen LogP contribution is -2.10. The van der Waals surface area contributed by atoms with Gasteiger partial charge in [-0.15, -0.1) is 0 Å². The van der Waals surface area contributed by atoms with Gasteiger partial charge in [0, 0.05) is 0 Å². The molecule has 0 aliphatic carbocycles. The van der Waals surface area contributed by atoms with Crippen LogP contribution in [0.5, 0.6) is 5.75 Å². The fourth-order valence-electron chi connectivity index (χ4n) is 1.50. The Morgan fingerprint density at radius 2 is 1.94 bits per heavy atom. The van der Waals surface area contributed by atoms with Crippen LogP contribution in [0.1, 0.15) is 32.3 Å². The van der Waals surface area contributed by atoms with Gasteiger partial charge in [-0.05, 0) is 37.1 Å². The molecule has 1 aromatic rings. The minimum absolute atomic E-state index is 0.283. The number of methoxy groups -OCH3 is 1. The van der Waals surface area contributed by atoms with Crippen LogP contribution in [0.2, 0.25) is 0 Å². The third-order valence-corrected chi connectivity index (χ3v) is 2.31. The van der Waals surface area contributed by atoms with E-state index in [4.69, 9.17) is 9.47 Å². The van der Waals surface area contributed by atoms with Gasteiger partial charge >= 0.3 is 0 Å². The van der Waals surface area contributed by atoms with Crippen LogP contribution in [0.25, 0.3) is 6.08 Å². The first kappa shape index (κ1) is 12.6. The first-order chi connectivity index (χ1) is 7.76. The SMILES string of the molecule is CCCC(C)Oc1ccc(/C=C/OC)cc1. The second-order valence-corrected chi connectivity index (χ2v) is 3.82. The van der Waals surface area contributed by atoms with Gasteiger partial charge in [-0.3, -0.25) is 0 Å². The number of ether oxygens (including phenoxy) is 2. The van der Waals surface area contributed by atoms with Gasteiger partial charge in [-0.25, -0.2) is 0 Å². The molecule has 0 bridgehead atoms. The van der Waals surface area contributed by atoms with Crippen LogP contribution >= 0.6 is 0 Å². The van der Waals surface area contributed by atoms with E-state index in [0.29, 0.717) is 0 Å². The van der Waals surface area contributed by atoms with Crippen molar-refractivity contribution in [2.24, 2.45) is 0 Å². The number of rotatable bonds is 6. The molecule has 88 valence electrons. The first-order valence-electron chi connectivity index (χ1n) is 5.72. The van der Waals surface area contributed by atoms with Gasteiger partial charge < -0.3 is 9.47 Å². The monoisotopic (exact) mass is 220 g/mol. The third-order valence-electron chi connectivity index (χ3n) is 2.31. The molecular weight excluding hydrogens is 200 g/mol. The molecule has 0 fully saturated rings. The molecule has 0 aliphatic rings. The second kappa shape index (κ2) is 6.94. The van der Waals surface area contributed by atoms with Crippen LogP contribution in [0.3, 0.4) is 0 Å². The summed E-state index contributed by atoms with van der Waals surface area (Å²) >= 11 is 0. The average Bonchev–Trinajstić information content (AvgIpc) is 2.28. The summed E-state index contributed by atoms with van der Waals surface area (Å²) in [5.41, 5.74) is 1.11. The van der Waals surface area contributed by atoms with Crippen molar-refractivity contribution in [3.8, 4) is 5.75 Å². The van der Waals surface area contributed by atoms with Gasteiger partial charge in [0.1, 0.15) is 5.75 Å². The molecule has 0 N–H and O–H groups in total. The Hall–Kier alpha value is -1.44. The van der Waals surface area contributed by atoms with Crippen molar-refractivity contribution in [1.29, 1.82) is 0 Å². The zero-order chi connectivity index (χ0) is 11.8. The van der Waals surface area contributed by atoms with Gasteiger partial charge in [-0.2, -0.15) is 0 Å². The van der Waals surface area contributed by atoms with E-state index in [-0.39, 0.29) is 6.10 Å². The summed E-state index contributed by atoms with van der Waals surface area (Å²) in [5.74, 6) is 0.926. The molecule has 1 atom stereocenters. The lowest BCUT2D eigenvalue weighted by molar-refractivity contribution is 0.210. The van der Waals surface area contributed by atoms with Gasteiger partial charge in [0.05, 0.1) is 19.5 Å². The Morgan fingerprint density at radius 1 is 1.25 bits per heavy atom. The molecule has 0 aromatic heterocycles. The highest BCUT2D eigenvalue weighted by molar-refractivity contribution is 5.49. The van der Waals surface area contributed by atoms with Crippen molar-refractivity contribution in [2.75, 3.05) is 7.11 Å². The number of hydrogen-bond acceptors (Lipinski definition) is 2. The quantitative estimate of drug-likeness (QED) is 0.677. The molecule has 0 aliphatic heterocycles. The summed E-state index contributed by atoms with van der Waals surface area (Å²) < 4.78 is 10.6. The van der Waals surface area contributed by atoms with Crippen LogP contribution in [-0.2, 0) is 4.74 Å². The van der Waals surface area contributed by atoms with Crippen LogP contribution in [0, 0.1) is 0 Å². The van der Waals surface area contributed by atoms with Crippen LogP contribution in [-0.4, -0.2) is 13.2 Å². The fraction of sp³-hybridized carbons (Fsp3) is 0.429. The molecule has 0 amide bonds. The molecular formula is C14H20O2. The van der Waals surface area contributed by atoms with Crippen LogP contribution in [0.15, 0.2) is 30.5 Å². The van der Waals surface area contributed by atoms with Crippen molar-refractivity contribution in [3.63, 3.8) is 0 Å². The van der Waals surface area contributed by atoms with E-state index < -0.39 is 0 Å². The van der Waals surface area contributed by atoms with Crippen molar-refractivity contribution >= 4 is 6.08 Å². The Morgan fingerprint density at radius 3 is 2.50 bits per heavy atom. The summed E-state index contributed by atoms with van der Waals surface area (Å²) in [6, 6.07) is 8.01. The smallest absolute Gasteiger partial charge is 0.119 e. The standard InChI is InChI=1S/C14H20O2/c1-4-5-12(2)16-14-8-6-13(7-9-14)10-11-15-3/h6-12H,4-5H2,1-3H3/b11-10+. The summed E-state index contributed by atoms with van der Waals surface area (Å²) in [6.07, 6.45) is 6.10. The predicted octanol–water partition coefficient (Wildman–Crippen LogP) is 3.87. The molecule has 2 nitrogen and oxygen atoms in total. The highest BCUT2D eigenvalue weighted by atomic mass is 16.5. The summed E-state index contributed by atoms with van der Waals surface area (Å²) in [4.78, 5) is 0. The minimum Gasteiger partial charge on any atom is -0.504 e. The highest BCUT2D eigenvalue weighted by Crippen LogP contribution is 2.16. The van der Waals surface area contributed by atoms with E-state index in [1.807, 2.05) is 30.3 Å². The van der Waals surface area contributed by atoms with E-state index in [1.165, 1.54) is 0 Å². The van der Waals surface area contributed by atoms with E-state index >= 15 is 0 Å². The Balaban J connectivity index is 2.54. The van der Waals surface area contributed by atoms with E-state index in [9.17, 15) is 0 Å². The highest BCUT2D eigenvalue weighted by Gasteiger charge is 2.01. The summed E-state index contributed by atoms with van der Waals surface area (Å²) in [6.45, 7) is 4.26. The van der Waals surface area contributed by atoms with Gasteiger partial charge in [0.2, 0.25) is 0 Å². The maximum atomic E-state index is 5.76. The molecule has 1 rings (SSSR count). The molecule has 1 aromatic carbocycles. The van der Waals surface area contributed by atoms with Crippen molar-refractivity contribution in [2.45, 2.75) is 32.8 Å². The fourth-order valence-corrected chi connectivity index (χ4v) is 1.50. The Labute approximate surface area is 97.9 Å². The van der Waals surface area contributed by atoms with Gasteiger partial charge in [0.25, 0.3) is 0 Å². The van der Waals surface area contributed by atoms with E-state index in [0.717, 1.165) is 24.2 Å². The van der Waals surface area contributed by atoms with Crippen molar-refractivity contribution in [1.82, 2.24) is 0 Å². The molecule has 0 radical (unpaired) electrons. The average molecular weight is 220 g/mol. The van der Waals surface area contributed by atoms with Crippen LogP contribution < -0.4 is 4.74 Å². The maximum Gasteiger partial charge on any atom is 0.119 e. The minimum atomic E-state index is 0.283. The molecule has 16 heavy (non-hydrogen) atoms.